The van der Waals surface area contributed by atoms with Gasteiger partial charge in [-0.05, 0) is 44.5 Å². The molecule has 1 unspecified atom stereocenters. The number of hydrogen-bond donors (Lipinski definition) is 1. The fourth-order valence-electron chi connectivity index (χ4n) is 1.76. The first kappa shape index (κ1) is 15.8. The van der Waals surface area contributed by atoms with E-state index >= 15 is 0 Å². The number of benzene rings is 1. The van der Waals surface area contributed by atoms with Crippen LogP contribution in [-0.4, -0.2) is 25.3 Å². The second-order valence-electron chi connectivity index (χ2n) is 4.54. The van der Waals surface area contributed by atoms with E-state index in [1.165, 1.54) is 0 Å². The molecule has 0 amide bonds. The Balaban J connectivity index is 2.70. The van der Waals surface area contributed by atoms with Crippen molar-refractivity contribution in [2.45, 2.75) is 39.3 Å². The van der Waals surface area contributed by atoms with Crippen LogP contribution < -0.4 is 5.32 Å². The molecule has 0 radical (unpaired) electrons. The summed E-state index contributed by atoms with van der Waals surface area (Å²) < 4.78 is 5.66. The number of halogens is 2. The normalized spacial score (nSPS) is 13.0. The molecule has 102 valence electrons. The molecule has 0 aliphatic carbocycles. The third-order valence-corrected chi connectivity index (χ3v) is 3.34. The van der Waals surface area contributed by atoms with E-state index in [4.69, 9.17) is 27.9 Å². The molecule has 0 bridgehead atoms. The summed E-state index contributed by atoms with van der Waals surface area (Å²) in [6.07, 6.45) is 1.01. The fourth-order valence-corrected chi connectivity index (χ4v) is 2.31. The zero-order valence-corrected chi connectivity index (χ0v) is 12.7. The molecule has 0 saturated heterocycles. The molecule has 0 saturated carbocycles. The fraction of sp³-hybridized carbons (Fsp3) is 0.571. The molecule has 0 aliphatic rings. The van der Waals surface area contributed by atoms with E-state index in [2.05, 4.69) is 12.2 Å². The number of likely N-dealkylation sites (N-methyl/N-ethyl adjacent to an activating group) is 1. The molecule has 1 rings (SSSR count). The summed E-state index contributed by atoms with van der Waals surface area (Å²) in [4.78, 5) is 0. The highest BCUT2D eigenvalue weighted by Crippen LogP contribution is 2.25. The van der Waals surface area contributed by atoms with Gasteiger partial charge in [-0.15, -0.1) is 0 Å². The Kier molecular flexibility index (Phi) is 7.02. The number of hydrogen-bond acceptors (Lipinski definition) is 2. The summed E-state index contributed by atoms with van der Waals surface area (Å²) >= 11 is 12.4. The zero-order valence-electron chi connectivity index (χ0n) is 11.2. The maximum Gasteiger partial charge on any atom is 0.0626 e. The van der Waals surface area contributed by atoms with Crippen molar-refractivity contribution in [1.29, 1.82) is 0 Å². The van der Waals surface area contributed by atoms with Gasteiger partial charge in [0.25, 0.3) is 0 Å². The molecule has 0 spiro atoms. The first-order valence-electron chi connectivity index (χ1n) is 6.32. The molecule has 0 aromatic heterocycles. The quantitative estimate of drug-likeness (QED) is 0.821. The highest BCUT2D eigenvalue weighted by molar-refractivity contribution is 6.35. The van der Waals surface area contributed by atoms with E-state index in [1.54, 1.807) is 0 Å². The Bertz CT molecular complexity index is 349. The molecule has 1 aromatic carbocycles. The molecule has 4 heteroatoms. The van der Waals surface area contributed by atoms with Crippen LogP contribution in [0, 0.1) is 0 Å². The standard InChI is InChI=1S/C14H21Cl2NO/c1-4-17-11(9-18-10(2)3)8-12-13(15)6-5-7-14(12)16/h5-7,10-11,17H,4,8-9H2,1-3H3. The van der Waals surface area contributed by atoms with Crippen molar-refractivity contribution in [3.8, 4) is 0 Å². The molecule has 18 heavy (non-hydrogen) atoms. The van der Waals surface area contributed by atoms with Crippen LogP contribution in [0.1, 0.15) is 26.3 Å². The Hall–Kier alpha value is -0.280. The SMILES string of the molecule is CCNC(COC(C)C)Cc1c(Cl)cccc1Cl. The maximum atomic E-state index is 6.18. The predicted octanol–water partition coefficient (Wildman–Crippen LogP) is 3.94. The van der Waals surface area contributed by atoms with Gasteiger partial charge in [0.15, 0.2) is 0 Å². The lowest BCUT2D eigenvalue weighted by atomic mass is 10.1. The van der Waals surface area contributed by atoms with Gasteiger partial charge in [-0.2, -0.15) is 0 Å². The molecule has 1 N–H and O–H groups in total. The summed E-state index contributed by atoms with van der Waals surface area (Å²) in [6.45, 7) is 7.70. The number of rotatable bonds is 7. The predicted molar refractivity (Wildman–Crippen MR) is 78.7 cm³/mol. The van der Waals surface area contributed by atoms with Gasteiger partial charge in [0.05, 0.1) is 12.7 Å². The van der Waals surface area contributed by atoms with Gasteiger partial charge in [-0.25, -0.2) is 0 Å². The van der Waals surface area contributed by atoms with Crippen molar-refractivity contribution < 1.29 is 4.74 Å². The molecule has 2 nitrogen and oxygen atoms in total. The molecular weight excluding hydrogens is 269 g/mol. The summed E-state index contributed by atoms with van der Waals surface area (Å²) in [7, 11) is 0. The van der Waals surface area contributed by atoms with Crippen molar-refractivity contribution in [1.82, 2.24) is 5.32 Å². The van der Waals surface area contributed by atoms with E-state index in [-0.39, 0.29) is 12.1 Å². The molecule has 0 aliphatic heterocycles. The van der Waals surface area contributed by atoms with Crippen LogP contribution >= 0.6 is 23.2 Å². The third kappa shape index (κ3) is 5.15. The monoisotopic (exact) mass is 289 g/mol. The number of ether oxygens (including phenoxy) is 1. The average Bonchev–Trinajstić information content (AvgIpc) is 2.30. The van der Waals surface area contributed by atoms with E-state index < -0.39 is 0 Å². The topological polar surface area (TPSA) is 21.3 Å². The lowest BCUT2D eigenvalue weighted by Gasteiger charge is -2.20. The van der Waals surface area contributed by atoms with Crippen molar-refractivity contribution in [2.24, 2.45) is 0 Å². The summed E-state index contributed by atoms with van der Waals surface area (Å²) in [5.74, 6) is 0. The van der Waals surface area contributed by atoms with E-state index in [9.17, 15) is 0 Å². The summed E-state index contributed by atoms with van der Waals surface area (Å²) in [6, 6.07) is 5.83. The van der Waals surface area contributed by atoms with Crippen molar-refractivity contribution in [3.63, 3.8) is 0 Å². The molecule has 0 heterocycles. The Morgan fingerprint density at radius 2 is 1.83 bits per heavy atom. The van der Waals surface area contributed by atoms with Crippen LogP contribution in [-0.2, 0) is 11.2 Å². The first-order valence-corrected chi connectivity index (χ1v) is 7.08. The first-order chi connectivity index (χ1) is 8.54. The molecule has 1 aromatic rings. The van der Waals surface area contributed by atoms with Crippen LogP contribution in [0.15, 0.2) is 18.2 Å². The molecule has 1 atom stereocenters. The average molecular weight is 290 g/mol. The van der Waals surface area contributed by atoms with Crippen molar-refractivity contribution in [2.75, 3.05) is 13.2 Å². The van der Waals surface area contributed by atoms with Crippen LogP contribution in [0.25, 0.3) is 0 Å². The maximum absolute atomic E-state index is 6.18. The van der Waals surface area contributed by atoms with Crippen LogP contribution in [0.5, 0.6) is 0 Å². The van der Waals surface area contributed by atoms with Crippen LogP contribution in [0.4, 0.5) is 0 Å². The van der Waals surface area contributed by atoms with Crippen molar-refractivity contribution in [3.05, 3.63) is 33.8 Å². The lowest BCUT2D eigenvalue weighted by Crippen LogP contribution is -2.36. The Labute approximate surface area is 120 Å². The van der Waals surface area contributed by atoms with E-state index in [1.807, 2.05) is 32.0 Å². The Morgan fingerprint density at radius 3 is 2.33 bits per heavy atom. The van der Waals surface area contributed by atoms with Gasteiger partial charge >= 0.3 is 0 Å². The minimum atomic E-state index is 0.230. The second-order valence-corrected chi connectivity index (χ2v) is 5.36. The van der Waals surface area contributed by atoms with Gasteiger partial charge < -0.3 is 10.1 Å². The van der Waals surface area contributed by atoms with E-state index in [0.29, 0.717) is 6.61 Å². The molecule has 0 fully saturated rings. The number of nitrogens with one attached hydrogen (secondary N) is 1. The largest absolute Gasteiger partial charge is 0.377 e. The van der Waals surface area contributed by atoms with Crippen molar-refractivity contribution >= 4 is 23.2 Å². The summed E-state index contributed by atoms with van der Waals surface area (Å²) in [5.41, 5.74) is 0.985. The zero-order chi connectivity index (χ0) is 13.5. The highest BCUT2D eigenvalue weighted by Gasteiger charge is 2.14. The van der Waals surface area contributed by atoms with Crippen LogP contribution in [0.2, 0.25) is 10.0 Å². The smallest absolute Gasteiger partial charge is 0.0626 e. The van der Waals surface area contributed by atoms with E-state index in [0.717, 1.165) is 28.6 Å². The lowest BCUT2D eigenvalue weighted by molar-refractivity contribution is 0.0616. The van der Waals surface area contributed by atoms with Gasteiger partial charge in [0.2, 0.25) is 0 Å². The minimum Gasteiger partial charge on any atom is -0.377 e. The minimum absolute atomic E-state index is 0.230. The third-order valence-electron chi connectivity index (χ3n) is 2.64. The Morgan fingerprint density at radius 1 is 1.22 bits per heavy atom. The van der Waals surface area contributed by atoms with Gasteiger partial charge in [-0.1, -0.05) is 36.2 Å². The molecular formula is C14H21Cl2NO. The van der Waals surface area contributed by atoms with Gasteiger partial charge in [0, 0.05) is 16.1 Å². The van der Waals surface area contributed by atoms with Gasteiger partial charge in [-0.3, -0.25) is 0 Å². The summed E-state index contributed by atoms with van der Waals surface area (Å²) in [5, 5.41) is 4.83. The van der Waals surface area contributed by atoms with Gasteiger partial charge in [0.1, 0.15) is 0 Å². The van der Waals surface area contributed by atoms with Crippen LogP contribution in [0.3, 0.4) is 0 Å². The second kappa shape index (κ2) is 8.00. The highest BCUT2D eigenvalue weighted by atomic mass is 35.5.